The monoisotopic (exact) mass is 350 g/mol. The molecule has 0 bridgehead atoms. The minimum Gasteiger partial charge on any atom is -0.492 e. The van der Waals surface area contributed by atoms with Crippen LogP contribution in [0.1, 0.15) is 63.4 Å². The first-order chi connectivity index (χ1) is 12.3. The first kappa shape index (κ1) is 18.5. The van der Waals surface area contributed by atoms with Crippen LogP contribution in [0.15, 0.2) is 49.2 Å². The van der Waals surface area contributed by atoms with Crippen LogP contribution in [-0.2, 0) is 5.41 Å². The third-order valence-corrected chi connectivity index (χ3v) is 4.88. The summed E-state index contributed by atoms with van der Waals surface area (Å²) in [6, 6.07) is 12.7. The van der Waals surface area contributed by atoms with Gasteiger partial charge in [0.25, 0.3) is 0 Å². The fourth-order valence-electron chi connectivity index (χ4n) is 2.82. The van der Waals surface area contributed by atoms with E-state index in [1.54, 1.807) is 0 Å². The molecule has 26 heavy (non-hydrogen) atoms. The van der Waals surface area contributed by atoms with Crippen molar-refractivity contribution in [2.24, 2.45) is 5.92 Å². The first-order valence-corrected chi connectivity index (χ1v) is 9.48. The number of pyridine rings is 1. The Hall–Kier alpha value is -2.29. The van der Waals surface area contributed by atoms with Crippen LogP contribution >= 0.6 is 0 Å². The second kappa shape index (κ2) is 7.53. The average Bonchev–Trinajstić information content (AvgIpc) is 3.44. The van der Waals surface area contributed by atoms with E-state index in [0.29, 0.717) is 0 Å². The Morgan fingerprint density at radius 2 is 1.88 bits per heavy atom. The molecule has 1 saturated carbocycles. The summed E-state index contributed by atoms with van der Waals surface area (Å²) in [7, 11) is 0. The van der Waals surface area contributed by atoms with Crippen LogP contribution < -0.4 is 10.1 Å². The molecule has 2 aromatic rings. The molecule has 3 heteroatoms. The second-order valence-electron chi connectivity index (χ2n) is 8.35. The van der Waals surface area contributed by atoms with Gasteiger partial charge in [0.2, 0.25) is 0 Å². The number of hydrogen-bond donors (Lipinski definition) is 1. The maximum atomic E-state index is 5.75. The topological polar surface area (TPSA) is 34.1 Å². The van der Waals surface area contributed by atoms with Gasteiger partial charge in [-0.3, -0.25) is 4.98 Å². The Balaban J connectivity index is 1.57. The lowest BCUT2D eigenvalue weighted by molar-refractivity contribution is 0.298. The maximum absolute atomic E-state index is 5.75. The van der Waals surface area contributed by atoms with E-state index in [1.165, 1.54) is 18.4 Å². The van der Waals surface area contributed by atoms with Gasteiger partial charge in [-0.1, -0.05) is 51.6 Å². The molecule has 0 saturated heterocycles. The number of ether oxygens (including phenoxy) is 1. The number of rotatable bonds is 7. The van der Waals surface area contributed by atoms with Crippen molar-refractivity contribution >= 4 is 5.70 Å². The summed E-state index contributed by atoms with van der Waals surface area (Å²) in [5.74, 6) is 1.60. The summed E-state index contributed by atoms with van der Waals surface area (Å²) in [6.07, 6.45) is 4.41. The smallest absolute Gasteiger partial charge is 0.137 e. The third-order valence-electron chi connectivity index (χ3n) is 4.88. The molecule has 0 radical (unpaired) electrons. The minimum absolute atomic E-state index is 0.0854. The van der Waals surface area contributed by atoms with Crippen molar-refractivity contribution in [3.63, 3.8) is 0 Å². The normalized spacial score (nSPS) is 15.4. The zero-order valence-electron chi connectivity index (χ0n) is 16.4. The van der Waals surface area contributed by atoms with Crippen LogP contribution in [0.25, 0.3) is 5.70 Å². The standard InChI is InChI=1S/C23H30N2O/c1-16(19-8-10-20(11-9-19)23(3,4)5)25-17(2)22-13-12-21(14-24-22)26-15-18-6-7-18/h8-14,17-18,25H,1,6-7,15H2,2-5H3. The van der Waals surface area contributed by atoms with Crippen LogP contribution in [0.2, 0.25) is 0 Å². The van der Waals surface area contributed by atoms with Crippen LogP contribution in [0.4, 0.5) is 0 Å². The largest absolute Gasteiger partial charge is 0.492 e. The molecule has 1 aromatic carbocycles. The molecule has 1 aliphatic carbocycles. The van der Waals surface area contributed by atoms with Crippen molar-refractivity contribution in [1.29, 1.82) is 0 Å². The van der Waals surface area contributed by atoms with Crippen LogP contribution in [0, 0.1) is 5.92 Å². The highest BCUT2D eigenvalue weighted by Crippen LogP contribution is 2.29. The van der Waals surface area contributed by atoms with Crippen molar-refractivity contribution in [3.8, 4) is 5.75 Å². The highest BCUT2D eigenvalue weighted by Gasteiger charge is 2.22. The van der Waals surface area contributed by atoms with E-state index in [9.17, 15) is 0 Å². The van der Waals surface area contributed by atoms with Gasteiger partial charge in [-0.25, -0.2) is 0 Å². The Kier molecular flexibility index (Phi) is 5.36. The van der Waals surface area contributed by atoms with Crippen molar-refractivity contribution in [1.82, 2.24) is 10.3 Å². The summed E-state index contributed by atoms with van der Waals surface area (Å²) in [5.41, 5.74) is 4.48. The SMILES string of the molecule is C=C(NC(C)c1ccc(OCC2CC2)cn1)c1ccc(C(C)(C)C)cc1. The van der Waals surface area contributed by atoms with Gasteiger partial charge < -0.3 is 10.1 Å². The Labute approximate surface area is 157 Å². The summed E-state index contributed by atoms with van der Waals surface area (Å²) in [4.78, 5) is 4.54. The molecule has 0 aliphatic heterocycles. The number of aromatic nitrogens is 1. The minimum atomic E-state index is 0.0854. The van der Waals surface area contributed by atoms with E-state index < -0.39 is 0 Å². The van der Waals surface area contributed by atoms with E-state index >= 15 is 0 Å². The van der Waals surface area contributed by atoms with Crippen molar-refractivity contribution in [3.05, 3.63) is 66.0 Å². The summed E-state index contributed by atoms with van der Waals surface area (Å²) in [5, 5.41) is 3.45. The highest BCUT2D eigenvalue weighted by atomic mass is 16.5. The molecule has 1 unspecified atom stereocenters. The molecule has 138 valence electrons. The fraction of sp³-hybridized carbons (Fsp3) is 0.435. The van der Waals surface area contributed by atoms with Crippen LogP contribution in [0.5, 0.6) is 5.75 Å². The molecule has 0 spiro atoms. The quantitative estimate of drug-likeness (QED) is 0.717. The molecule has 3 nitrogen and oxygen atoms in total. The average molecular weight is 351 g/mol. The molecule has 1 aliphatic rings. The molecule has 0 amide bonds. The maximum Gasteiger partial charge on any atom is 0.137 e. The first-order valence-electron chi connectivity index (χ1n) is 9.48. The lowest BCUT2D eigenvalue weighted by Crippen LogP contribution is -2.18. The second-order valence-corrected chi connectivity index (χ2v) is 8.35. The van der Waals surface area contributed by atoms with Crippen LogP contribution in [-0.4, -0.2) is 11.6 Å². The Morgan fingerprint density at radius 1 is 1.19 bits per heavy atom. The molecule has 1 fully saturated rings. The highest BCUT2D eigenvalue weighted by molar-refractivity contribution is 5.62. The Bertz CT molecular complexity index is 737. The van der Waals surface area contributed by atoms with E-state index in [4.69, 9.17) is 4.74 Å². The van der Waals surface area contributed by atoms with Gasteiger partial charge in [0.15, 0.2) is 0 Å². The summed E-state index contributed by atoms with van der Waals surface area (Å²) >= 11 is 0. The van der Waals surface area contributed by atoms with E-state index in [0.717, 1.165) is 35.2 Å². The zero-order valence-corrected chi connectivity index (χ0v) is 16.4. The lowest BCUT2D eigenvalue weighted by atomic mass is 9.86. The van der Waals surface area contributed by atoms with Crippen molar-refractivity contribution in [2.75, 3.05) is 6.61 Å². The lowest BCUT2D eigenvalue weighted by Gasteiger charge is -2.21. The van der Waals surface area contributed by atoms with Gasteiger partial charge >= 0.3 is 0 Å². The summed E-state index contributed by atoms with van der Waals surface area (Å²) < 4.78 is 5.75. The third kappa shape index (κ3) is 4.87. The van der Waals surface area contributed by atoms with Gasteiger partial charge in [0.1, 0.15) is 5.75 Å². The number of benzene rings is 1. The molecule has 1 atom stereocenters. The van der Waals surface area contributed by atoms with Gasteiger partial charge in [0.05, 0.1) is 24.5 Å². The fourth-order valence-corrected chi connectivity index (χ4v) is 2.82. The van der Waals surface area contributed by atoms with E-state index in [1.807, 2.05) is 18.3 Å². The van der Waals surface area contributed by atoms with Gasteiger partial charge in [-0.15, -0.1) is 0 Å². The molecule has 1 heterocycles. The number of nitrogens with one attached hydrogen (secondary N) is 1. The molecular weight excluding hydrogens is 320 g/mol. The predicted octanol–water partition coefficient (Wildman–Crippen LogP) is 5.49. The Morgan fingerprint density at radius 3 is 2.42 bits per heavy atom. The zero-order chi connectivity index (χ0) is 18.7. The van der Waals surface area contributed by atoms with Gasteiger partial charge in [-0.2, -0.15) is 0 Å². The molecule has 1 N–H and O–H groups in total. The summed E-state index contributed by atoms with van der Waals surface area (Å²) in [6.45, 7) is 13.8. The van der Waals surface area contributed by atoms with Gasteiger partial charge in [0, 0.05) is 5.70 Å². The molecule has 1 aromatic heterocycles. The number of hydrogen-bond acceptors (Lipinski definition) is 3. The van der Waals surface area contributed by atoms with E-state index in [2.05, 4.69) is 68.8 Å². The number of nitrogens with zero attached hydrogens (tertiary/aromatic N) is 1. The van der Waals surface area contributed by atoms with Crippen molar-refractivity contribution < 1.29 is 4.74 Å². The molecular formula is C23H30N2O. The van der Waals surface area contributed by atoms with Gasteiger partial charge in [-0.05, 0) is 54.4 Å². The predicted molar refractivity (Wildman–Crippen MR) is 108 cm³/mol. The van der Waals surface area contributed by atoms with Crippen molar-refractivity contribution in [2.45, 2.75) is 52.0 Å². The van der Waals surface area contributed by atoms with E-state index in [-0.39, 0.29) is 11.5 Å². The molecule has 3 rings (SSSR count). The van der Waals surface area contributed by atoms with Crippen LogP contribution in [0.3, 0.4) is 0 Å².